The lowest BCUT2D eigenvalue weighted by Crippen LogP contribution is -2.69. The smallest absolute Gasteiger partial charge is 0.329 e. The molecule has 1 saturated heterocycles. The molecule has 244 valence electrons. The van der Waals surface area contributed by atoms with Gasteiger partial charge in [-0.1, -0.05) is 50.2 Å². The van der Waals surface area contributed by atoms with E-state index in [9.17, 15) is 38.2 Å². The number of benzene rings is 3. The predicted octanol–water partition coefficient (Wildman–Crippen LogP) is 3.28. The predicted molar refractivity (Wildman–Crippen MR) is 167 cm³/mol. The first-order valence-corrected chi connectivity index (χ1v) is 15.5. The van der Waals surface area contributed by atoms with Gasteiger partial charge in [-0.05, 0) is 65.9 Å². The Bertz CT molecular complexity index is 1570. The molecule has 4 atom stereocenters. The molecule has 0 aromatic heterocycles. The lowest BCUT2D eigenvalue weighted by Gasteiger charge is -2.50. The summed E-state index contributed by atoms with van der Waals surface area (Å²) < 4.78 is 32.7. The van der Waals surface area contributed by atoms with Crippen LogP contribution in [0.4, 0.5) is 8.78 Å². The number of hydrogen-bond acceptors (Lipinski definition) is 7. The average Bonchev–Trinajstić information content (AvgIpc) is 3.02. The first-order valence-electron chi connectivity index (χ1n) is 14.4. The summed E-state index contributed by atoms with van der Waals surface area (Å²) in [7, 11) is 0. The summed E-state index contributed by atoms with van der Waals surface area (Å²) in [4.78, 5) is 49.0. The van der Waals surface area contributed by atoms with E-state index in [2.05, 4.69) is 16.0 Å². The summed E-state index contributed by atoms with van der Waals surface area (Å²) in [6.45, 7) is 3.84. The number of carbonyl (C=O) groups is 4. The van der Waals surface area contributed by atoms with E-state index in [1.165, 1.54) is 55.1 Å². The maximum absolute atomic E-state index is 13.8. The molecule has 0 spiro atoms. The maximum Gasteiger partial charge on any atom is 0.329 e. The fourth-order valence-corrected chi connectivity index (χ4v) is 6.27. The standard InChI is InChI=1S/C33H35F2N3O7S/c1-19(2)32(3,31(43)44)37-27(40)16-36-28(41)17-45-25-14-8-22(9-15-25)33(21-6-12-24(35)13-7-21)29(30(42)38-33)46-18-26(39)20-4-10-23(34)11-5-20/h4-15,19,26,29,39H,16-18H2,1-3H3,(H,36,41)(H,37,40)(H,38,42)(H,43,44)/t26?,29-,32-,33-/m0/s1. The summed E-state index contributed by atoms with van der Waals surface area (Å²) in [6.07, 6.45) is -0.963. The molecule has 1 aliphatic heterocycles. The minimum atomic E-state index is -1.49. The molecule has 1 heterocycles. The highest BCUT2D eigenvalue weighted by molar-refractivity contribution is 8.00. The van der Waals surface area contributed by atoms with Crippen LogP contribution in [0.25, 0.3) is 0 Å². The van der Waals surface area contributed by atoms with Crippen LogP contribution in [0.1, 0.15) is 43.6 Å². The summed E-state index contributed by atoms with van der Waals surface area (Å²) in [6, 6.07) is 17.8. The van der Waals surface area contributed by atoms with Gasteiger partial charge in [0.15, 0.2) is 6.61 Å². The molecule has 0 saturated carbocycles. The van der Waals surface area contributed by atoms with Crippen LogP contribution >= 0.6 is 11.8 Å². The van der Waals surface area contributed by atoms with E-state index in [0.29, 0.717) is 22.4 Å². The second-order valence-electron chi connectivity index (χ2n) is 11.4. The number of aliphatic hydroxyl groups excluding tert-OH is 1. The van der Waals surface area contributed by atoms with Crippen LogP contribution in [0.2, 0.25) is 0 Å². The van der Waals surface area contributed by atoms with E-state index < -0.39 is 70.9 Å². The molecule has 3 aromatic rings. The average molecular weight is 656 g/mol. The third-order valence-corrected chi connectivity index (χ3v) is 9.46. The van der Waals surface area contributed by atoms with Crippen molar-refractivity contribution in [1.82, 2.24) is 16.0 Å². The number of thioether (sulfide) groups is 1. The van der Waals surface area contributed by atoms with Crippen LogP contribution in [-0.4, -0.2) is 63.6 Å². The number of nitrogens with one attached hydrogen (secondary N) is 3. The lowest BCUT2D eigenvalue weighted by molar-refractivity contribution is -0.148. The lowest BCUT2D eigenvalue weighted by atomic mass is 9.74. The van der Waals surface area contributed by atoms with E-state index in [-0.39, 0.29) is 11.7 Å². The van der Waals surface area contributed by atoms with Crippen LogP contribution in [0.5, 0.6) is 5.75 Å². The van der Waals surface area contributed by atoms with Crippen molar-refractivity contribution in [1.29, 1.82) is 0 Å². The van der Waals surface area contributed by atoms with E-state index in [1.807, 2.05) is 0 Å². The number of aliphatic carboxylic acids is 1. The highest BCUT2D eigenvalue weighted by Gasteiger charge is 2.56. The fourth-order valence-electron chi connectivity index (χ4n) is 4.91. The van der Waals surface area contributed by atoms with Gasteiger partial charge in [0.05, 0.1) is 12.6 Å². The van der Waals surface area contributed by atoms with Gasteiger partial charge in [-0.3, -0.25) is 14.4 Å². The van der Waals surface area contributed by atoms with E-state index in [1.54, 1.807) is 50.2 Å². The second-order valence-corrected chi connectivity index (χ2v) is 12.5. The van der Waals surface area contributed by atoms with Gasteiger partial charge in [-0.2, -0.15) is 0 Å². The molecule has 13 heteroatoms. The molecule has 0 aliphatic carbocycles. The number of carbonyl (C=O) groups excluding carboxylic acids is 3. The van der Waals surface area contributed by atoms with E-state index >= 15 is 0 Å². The molecule has 5 N–H and O–H groups in total. The van der Waals surface area contributed by atoms with Crippen molar-refractivity contribution in [3.8, 4) is 5.75 Å². The third kappa shape index (κ3) is 7.48. The van der Waals surface area contributed by atoms with Gasteiger partial charge in [-0.15, -0.1) is 11.8 Å². The molecule has 10 nitrogen and oxygen atoms in total. The minimum Gasteiger partial charge on any atom is -0.484 e. The Kier molecular flexibility index (Phi) is 10.7. The Labute approximate surface area is 268 Å². The highest BCUT2D eigenvalue weighted by Crippen LogP contribution is 2.46. The number of carboxylic acid groups (broad SMARTS) is 1. The summed E-state index contributed by atoms with van der Waals surface area (Å²) in [5.74, 6) is -3.56. The van der Waals surface area contributed by atoms with Gasteiger partial charge in [0.2, 0.25) is 11.8 Å². The molecule has 0 radical (unpaired) electrons. The molecule has 1 unspecified atom stereocenters. The summed E-state index contributed by atoms with van der Waals surface area (Å²) in [5.41, 5.74) is -0.800. The number of aliphatic hydroxyl groups is 1. The summed E-state index contributed by atoms with van der Waals surface area (Å²) >= 11 is 1.21. The SMILES string of the molecule is CC(C)[C@](C)(NC(=O)CNC(=O)COc1ccc([C@]2(c3ccc(F)cc3)NC(=O)[C@@H]2SCC(O)c2ccc(F)cc2)cc1)C(=O)O. The van der Waals surface area contributed by atoms with Crippen molar-refractivity contribution < 1.29 is 42.9 Å². The maximum atomic E-state index is 13.8. The van der Waals surface area contributed by atoms with Gasteiger partial charge in [0.25, 0.3) is 5.91 Å². The first-order chi connectivity index (χ1) is 21.8. The van der Waals surface area contributed by atoms with Crippen LogP contribution in [0.15, 0.2) is 72.8 Å². The van der Waals surface area contributed by atoms with Crippen LogP contribution < -0.4 is 20.7 Å². The van der Waals surface area contributed by atoms with Gasteiger partial charge in [-0.25, -0.2) is 13.6 Å². The van der Waals surface area contributed by atoms with Gasteiger partial charge in [0.1, 0.15) is 33.7 Å². The highest BCUT2D eigenvalue weighted by atomic mass is 32.2. The zero-order chi connectivity index (χ0) is 33.6. The van der Waals surface area contributed by atoms with Crippen molar-refractivity contribution in [2.24, 2.45) is 5.92 Å². The van der Waals surface area contributed by atoms with Gasteiger partial charge < -0.3 is 30.9 Å². The van der Waals surface area contributed by atoms with Crippen molar-refractivity contribution in [3.63, 3.8) is 0 Å². The largest absolute Gasteiger partial charge is 0.484 e. The molecule has 0 bridgehead atoms. The number of β-lactam (4-membered cyclic amide) rings is 1. The van der Waals surface area contributed by atoms with Crippen LogP contribution in [-0.2, 0) is 24.7 Å². The van der Waals surface area contributed by atoms with Crippen LogP contribution in [0.3, 0.4) is 0 Å². The van der Waals surface area contributed by atoms with Crippen molar-refractivity contribution >= 4 is 35.5 Å². The molecule has 1 fully saturated rings. The second kappa shape index (κ2) is 14.3. The number of halogens is 2. The topological polar surface area (TPSA) is 154 Å². The Morgan fingerprint density at radius 3 is 2.02 bits per heavy atom. The number of amides is 3. The third-order valence-electron chi connectivity index (χ3n) is 8.05. The minimum absolute atomic E-state index is 0.133. The number of ether oxygens (including phenoxy) is 1. The van der Waals surface area contributed by atoms with E-state index in [0.717, 1.165) is 0 Å². The quantitative estimate of drug-likeness (QED) is 0.166. The van der Waals surface area contributed by atoms with Crippen molar-refractivity contribution in [2.75, 3.05) is 18.9 Å². The number of rotatable bonds is 14. The Morgan fingerprint density at radius 2 is 1.50 bits per heavy atom. The van der Waals surface area contributed by atoms with Gasteiger partial charge in [0, 0.05) is 5.75 Å². The zero-order valence-electron chi connectivity index (χ0n) is 25.4. The normalized spacial score (nSPS) is 19.3. The Balaban J connectivity index is 1.42. The van der Waals surface area contributed by atoms with Crippen molar-refractivity contribution in [3.05, 3.63) is 101 Å². The van der Waals surface area contributed by atoms with E-state index in [4.69, 9.17) is 4.74 Å². The monoisotopic (exact) mass is 655 g/mol. The fraction of sp³-hybridized carbons (Fsp3) is 0.333. The number of hydrogen-bond donors (Lipinski definition) is 5. The molecule has 1 aliphatic rings. The Morgan fingerprint density at radius 1 is 0.957 bits per heavy atom. The summed E-state index contributed by atoms with van der Waals surface area (Å²) in [5, 5.41) is 27.2. The zero-order valence-corrected chi connectivity index (χ0v) is 26.2. The number of carboxylic acids is 1. The molecular formula is C33H35F2N3O7S. The molecule has 4 rings (SSSR count). The van der Waals surface area contributed by atoms with Crippen LogP contribution in [0, 0.1) is 17.6 Å². The van der Waals surface area contributed by atoms with Crippen molar-refractivity contribution in [2.45, 2.75) is 43.2 Å². The molecular weight excluding hydrogens is 620 g/mol. The first kappa shape index (κ1) is 34.4. The van der Waals surface area contributed by atoms with Gasteiger partial charge >= 0.3 is 5.97 Å². The molecule has 3 aromatic carbocycles. The Hall–Kier alpha value is -4.49. The molecule has 46 heavy (non-hydrogen) atoms. The molecule has 3 amide bonds.